The molecule has 2 aliphatic rings. The largest absolute Gasteiger partial charge is 0.343 e. The number of hydrogen-bond acceptors (Lipinski definition) is 8. The first kappa shape index (κ1) is 45.0. The molecule has 1 spiro atoms. The fraction of sp³-hybridized carbons (Fsp3) is 0.500. The Morgan fingerprint density at radius 1 is 0.593 bits per heavy atom. The predicted molar refractivity (Wildman–Crippen MR) is 229 cm³/mol. The van der Waals surface area contributed by atoms with Gasteiger partial charge in [0.25, 0.3) is 0 Å². The Morgan fingerprint density at radius 3 is 1.59 bits per heavy atom. The number of nitrogens with zero attached hydrogens (tertiary/aromatic N) is 2. The summed E-state index contributed by atoms with van der Waals surface area (Å²) in [7, 11) is 0. The number of carbonyl (C=O) groups excluding carboxylic acids is 5. The van der Waals surface area contributed by atoms with E-state index >= 15 is 0 Å². The average molecular weight is 809 g/mol. The molecular formula is C46H64N8O5. The minimum atomic E-state index is -1.00. The van der Waals surface area contributed by atoms with E-state index in [0.717, 1.165) is 29.5 Å². The Morgan fingerprint density at radius 2 is 1.07 bits per heavy atom. The van der Waals surface area contributed by atoms with Crippen LogP contribution in [0.4, 0.5) is 0 Å². The van der Waals surface area contributed by atoms with Gasteiger partial charge in [0.1, 0.15) is 18.1 Å². The summed E-state index contributed by atoms with van der Waals surface area (Å²) in [5.41, 5.74) is 21.1. The molecule has 0 aliphatic carbocycles. The zero-order chi connectivity index (χ0) is 42.4. The van der Waals surface area contributed by atoms with E-state index in [4.69, 9.17) is 17.2 Å². The van der Waals surface area contributed by atoms with E-state index in [1.807, 2.05) is 110 Å². The fourth-order valence-electron chi connectivity index (χ4n) is 8.14. The first-order chi connectivity index (χ1) is 28.4. The molecule has 5 atom stereocenters. The molecule has 0 saturated carbocycles. The minimum absolute atomic E-state index is 0.0276. The smallest absolute Gasteiger partial charge is 0.245 e. The van der Waals surface area contributed by atoms with Crippen molar-refractivity contribution >= 4 is 29.5 Å². The highest BCUT2D eigenvalue weighted by atomic mass is 16.2. The lowest BCUT2D eigenvalue weighted by molar-refractivity contribution is -0.153. The van der Waals surface area contributed by atoms with Gasteiger partial charge in [-0.25, -0.2) is 0 Å². The molecule has 3 aromatic rings. The maximum atomic E-state index is 14.1. The molecule has 2 fully saturated rings. The van der Waals surface area contributed by atoms with Crippen molar-refractivity contribution in [3.05, 3.63) is 108 Å². The number of amides is 5. The molecule has 3 aromatic carbocycles. The molecule has 2 heterocycles. The molecule has 5 rings (SSSR count). The van der Waals surface area contributed by atoms with Gasteiger partial charge in [-0.15, -0.1) is 0 Å². The summed E-state index contributed by atoms with van der Waals surface area (Å²) in [6.07, 6.45) is 4.56. The van der Waals surface area contributed by atoms with Gasteiger partial charge in [-0.3, -0.25) is 24.0 Å². The molecule has 0 aromatic heterocycles. The number of nitrogens with one attached hydrogen (secondary N) is 3. The Bertz CT molecular complexity index is 1810. The zero-order valence-corrected chi connectivity index (χ0v) is 34.7. The first-order valence-electron chi connectivity index (χ1n) is 21.2. The SMILES string of the molecule is CC(C)CC(NC(=O)C(Cc1ccccc1)NC(=O)C(N)Cc1ccccc1)C(=O)NC(CCCCN)C(=O)N1CC2(CCN(C(=O)C(N)Cc3ccccc3)CC2)C1. The van der Waals surface area contributed by atoms with Crippen molar-refractivity contribution in [3.8, 4) is 0 Å². The number of benzene rings is 3. The number of nitrogens with two attached hydrogens (primary N) is 3. The van der Waals surface area contributed by atoms with E-state index in [0.29, 0.717) is 71.2 Å². The maximum absolute atomic E-state index is 14.1. The summed E-state index contributed by atoms with van der Waals surface area (Å²) in [5, 5.41) is 8.77. The first-order valence-corrected chi connectivity index (χ1v) is 21.2. The van der Waals surface area contributed by atoms with Crippen LogP contribution in [0.2, 0.25) is 0 Å². The monoisotopic (exact) mass is 808 g/mol. The fourth-order valence-corrected chi connectivity index (χ4v) is 8.14. The van der Waals surface area contributed by atoms with Crippen molar-refractivity contribution in [2.45, 2.75) is 102 Å². The third-order valence-corrected chi connectivity index (χ3v) is 11.6. The third kappa shape index (κ3) is 13.2. The van der Waals surface area contributed by atoms with E-state index < -0.39 is 47.9 Å². The number of hydrogen-bond donors (Lipinski definition) is 6. The summed E-state index contributed by atoms with van der Waals surface area (Å²) in [6.45, 7) is 6.64. The lowest BCUT2D eigenvalue weighted by atomic mass is 9.71. The molecule has 5 amide bonds. The molecule has 59 heavy (non-hydrogen) atoms. The highest BCUT2D eigenvalue weighted by molar-refractivity contribution is 5.95. The lowest BCUT2D eigenvalue weighted by Crippen LogP contribution is -2.66. The van der Waals surface area contributed by atoms with Crippen LogP contribution < -0.4 is 33.2 Å². The Balaban J connectivity index is 1.20. The van der Waals surface area contributed by atoms with Crippen LogP contribution in [0.3, 0.4) is 0 Å². The van der Waals surface area contributed by atoms with Crippen molar-refractivity contribution in [3.63, 3.8) is 0 Å². The van der Waals surface area contributed by atoms with Gasteiger partial charge < -0.3 is 43.0 Å². The van der Waals surface area contributed by atoms with Gasteiger partial charge in [0.2, 0.25) is 29.5 Å². The number of likely N-dealkylation sites (tertiary alicyclic amines) is 2. The van der Waals surface area contributed by atoms with E-state index in [1.54, 1.807) is 4.90 Å². The van der Waals surface area contributed by atoms with Crippen molar-refractivity contribution in [2.24, 2.45) is 28.5 Å². The summed E-state index contributed by atoms with van der Waals surface area (Å²) in [5.74, 6) is -1.65. The van der Waals surface area contributed by atoms with Gasteiger partial charge in [-0.05, 0) is 80.5 Å². The van der Waals surface area contributed by atoms with Crippen LogP contribution in [0.25, 0.3) is 0 Å². The van der Waals surface area contributed by atoms with Crippen LogP contribution in [0.15, 0.2) is 91.0 Å². The topological polar surface area (TPSA) is 206 Å². The predicted octanol–water partition coefficient (Wildman–Crippen LogP) is 2.45. The molecule has 318 valence electrons. The van der Waals surface area contributed by atoms with Gasteiger partial charge >= 0.3 is 0 Å². The Labute approximate surface area is 349 Å². The van der Waals surface area contributed by atoms with Crippen LogP contribution in [0.1, 0.15) is 69.1 Å². The number of carbonyl (C=O) groups is 5. The normalized spacial score (nSPS) is 17.3. The zero-order valence-electron chi connectivity index (χ0n) is 34.7. The molecular weight excluding hydrogens is 745 g/mol. The molecule has 13 heteroatoms. The second-order valence-electron chi connectivity index (χ2n) is 16.9. The number of piperidine rings is 1. The second kappa shape index (κ2) is 21.8. The van der Waals surface area contributed by atoms with Crippen molar-refractivity contribution in [1.82, 2.24) is 25.8 Å². The van der Waals surface area contributed by atoms with Crippen molar-refractivity contribution in [1.29, 1.82) is 0 Å². The molecule has 13 nitrogen and oxygen atoms in total. The van der Waals surface area contributed by atoms with Crippen LogP contribution >= 0.6 is 0 Å². The highest BCUT2D eigenvalue weighted by Gasteiger charge is 2.48. The third-order valence-electron chi connectivity index (χ3n) is 11.6. The van der Waals surface area contributed by atoms with Crippen LogP contribution in [-0.2, 0) is 43.2 Å². The molecule has 2 aliphatic heterocycles. The average Bonchev–Trinajstić information content (AvgIpc) is 3.22. The highest BCUT2D eigenvalue weighted by Crippen LogP contribution is 2.41. The minimum Gasteiger partial charge on any atom is -0.343 e. The summed E-state index contributed by atoms with van der Waals surface area (Å²) < 4.78 is 0. The lowest BCUT2D eigenvalue weighted by Gasteiger charge is -2.54. The number of rotatable bonds is 20. The molecule has 0 bridgehead atoms. The second-order valence-corrected chi connectivity index (χ2v) is 16.9. The van der Waals surface area contributed by atoms with E-state index in [9.17, 15) is 24.0 Å². The Kier molecular flexibility index (Phi) is 16.6. The molecule has 0 radical (unpaired) electrons. The number of unbranched alkanes of at least 4 members (excludes halogenated alkanes) is 1. The van der Waals surface area contributed by atoms with E-state index in [1.165, 1.54) is 0 Å². The van der Waals surface area contributed by atoms with Crippen LogP contribution in [-0.4, -0.2) is 102 Å². The van der Waals surface area contributed by atoms with Crippen molar-refractivity contribution < 1.29 is 24.0 Å². The quantitative estimate of drug-likeness (QED) is 0.0934. The van der Waals surface area contributed by atoms with Gasteiger partial charge in [0.15, 0.2) is 0 Å². The molecule has 5 unspecified atom stereocenters. The Hall–Kier alpha value is -5.11. The van der Waals surface area contributed by atoms with Gasteiger partial charge in [-0.2, -0.15) is 0 Å². The molecule has 2 saturated heterocycles. The van der Waals surface area contributed by atoms with Gasteiger partial charge in [-0.1, -0.05) is 105 Å². The molecule has 9 N–H and O–H groups in total. The summed E-state index contributed by atoms with van der Waals surface area (Å²) in [6, 6.07) is 24.3. The van der Waals surface area contributed by atoms with Gasteiger partial charge in [0.05, 0.1) is 12.1 Å². The standard InChI is InChI=1S/C46H64N8O5/c1-32(2)26-39(52-43(57)40(29-35-18-10-5-11-19-35)51-41(55)36(48)27-33-14-6-3-7-15-33)42(56)50-38(20-12-13-23-47)45(59)54-30-46(31-54)21-24-53(25-22-46)44(58)37(49)28-34-16-8-4-9-17-34/h3-11,14-19,32,36-40H,12-13,20-31,47-49H2,1-2H3,(H,50,56)(H,51,55)(H,52,57). The van der Waals surface area contributed by atoms with Gasteiger partial charge in [0, 0.05) is 38.0 Å². The van der Waals surface area contributed by atoms with Crippen LogP contribution in [0, 0.1) is 11.3 Å². The van der Waals surface area contributed by atoms with Crippen molar-refractivity contribution in [2.75, 3.05) is 32.7 Å². The summed E-state index contributed by atoms with van der Waals surface area (Å²) in [4.78, 5) is 72.4. The van der Waals surface area contributed by atoms with Crippen LogP contribution in [0.5, 0.6) is 0 Å². The maximum Gasteiger partial charge on any atom is 0.245 e. The van der Waals surface area contributed by atoms with E-state index in [-0.39, 0.29) is 29.6 Å². The van der Waals surface area contributed by atoms with E-state index in [2.05, 4.69) is 16.0 Å². The summed E-state index contributed by atoms with van der Waals surface area (Å²) >= 11 is 0.